The topological polar surface area (TPSA) is 57.9 Å². The Labute approximate surface area is 146 Å². The SMILES string of the molecule is O=C(c1cnn2ccccc12)N1CCN(C(=O)C2CC=CCC2)CC1. The fourth-order valence-corrected chi connectivity index (χ4v) is 3.68. The van der Waals surface area contributed by atoms with Gasteiger partial charge in [0.25, 0.3) is 5.91 Å². The third kappa shape index (κ3) is 3.04. The molecule has 25 heavy (non-hydrogen) atoms. The molecule has 1 fully saturated rings. The molecular weight excluding hydrogens is 316 g/mol. The maximum Gasteiger partial charge on any atom is 0.257 e. The van der Waals surface area contributed by atoms with Gasteiger partial charge < -0.3 is 9.80 Å². The number of hydrogen-bond acceptors (Lipinski definition) is 3. The molecule has 1 saturated heterocycles. The van der Waals surface area contributed by atoms with Crippen molar-refractivity contribution >= 4 is 17.3 Å². The van der Waals surface area contributed by atoms with Crippen LogP contribution in [0.3, 0.4) is 0 Å². The van der Waals surface area contributed by atoms with E-state index in [2.05, 4.69) is 17.3 Å². The molecule has 0 aromatic carbocycles. The molecule has 1 unspecified atom stereocenters. The van der Waals surface area contributed by atoms with Gasteiger partial charge >= 0.3 is 0 Å². The summed E-state index contributed by atoms with van der Waals surface area (Å²) in [5.74, 6) is 0.355. The van der Waals surface area contributed by atoms with Gasteiger partial charge in [0.15, 0.2) is 0 Å². The van der Waals surface area contributed by atoms with Crippen molar-refractivity contribution in [1.29, 1.82) is 0 Å². The van der Waals surface area contributed by atoms with Crippen LogP contribution in [0, 0.1) is 5.92 Å². The van der Waals surface area contributed by atoms with Crippen molar-refractivity contribution in [3.05, 3.63) is 48.3 Å². The Morgan fingerprint density at radius 2 is 1.84 bits per heavy atom. The highest BCUT2D eigenvalue weighted by Gasteiger charge is 2.29. The summed E-state index contributed by atoms with van der Waals surface area (Å²) in [6, 6.07) is 5.69. The number of carbonyl (C=O) groups excluding carboxylic acids is 2. The zero-order valence-corrected chi connectivity index (χ0v) is 14.2. The van der Waals surface area contributed by atoms with Crippen LogP contribution in [-0.2, 0) is 4.79 Å². The molecule has 1 aliphatic carbocycles. The molecule has 0 saturated carbocycles. The van der Waals surface area contributed by atoms with Crippen molar-refractivity contribution in [1.82, 2.24) is 19.4 Å². The molecule has 2 aromatic rings. The highest BCUT2D eigenvalue weighted by molar-refractivity contribution is 6.00. The van der Waals surface area contributed by atoms with Gasteiger partial charge in [-0.2, -0.15) is 5.10 Å². The van der Waals surface area contributed by atoms with E-state index in [1.54, 1.807) is 10.7 Å². The molecule has 0 bridgehead atoms. The maximum atomic E-state index is 12.8. The summed E-state index contributed by atoms with van der Waals surface area (Å²) in [6.45, 7) is 2.39. The lowest BCUT2D eigenvalue weighted by Gasteiger charge is -2.36. The molecule has 1 aliphatic heterocycles. The molecule has 6 nitrogen and oxygen atoms in total. The Balaban J connectivity index is 1.40. The van der Waals surface area contributed by atoms with Crippen LogP contribution in [0.25, 0.3) is 5.52 Å². The summed E-state index contributed by atoms with van der Waals surface area (Å²) >= 11 is 0. The number of fused-ring (bicyclic) bond motifs is 1. The Hall–Kier alpha value is -2.63. The van der Waals surface area contributed by atoms with Crippen molar-refractivity contribution in [3.8, 4) is 0 Å². The highest BCUT2D eigenvalue weighted by Crippen LogP contribution is 2.22. The predicted octanol–water partition coefficient (Wildman–Crippen LogP) is 1.97. The normalized spacial score (nSPS) is 20.9. The van der Waals surface area contributed by atoms with Crippen molar-refractivity contribution in [3.63, 3.8) is 0 Å². The zero-order valence-electron chi connectivity index (χ0n) is 14.2. The van der Waals surface area contributed by atoms with Crippen LogP contribution < -0.4 is 0 Å². The van der Waals surface area contributed by atoms with E-state index in [0.29, 0.717) is 31.7 Å². The number of rotatable bonds is 2. The summed E-state index contributed by atoms with van der Waals surface area (Å²) in [5.41, 5.74) is 1.44. The zero-order chi connectivity index (χ0) is 17.2. The molecule has 0 N–H and O–H groups in total. The quantitative estimate of drug-likeness (QED) is 0.787. The molecular formula is C19H22N4O2. The van der Waals surface area contributed by atoms with Crippen molar-refractivity contribution in [2.24, 2.45) is 5.92 Å². The van der Waals surface area contributed by atoms with E-state index in [0.717, 1.165) is 24.8 Å². The summed E-state index contributed by atoms with van der Waals surface area (Å²) in [5, 5.41) is 4.24. The van der Waals surface area contributed by atoms with Gasteiger partial charge in [0.1, 0.15) is 0 Å². The van der Waals surface area contributed by atoms with E-state index in [-0.39, 0.29) is 17.7 Å². The lowest BCUT2D eigenvalue weighted by molar-refractivity contribution is -0.137. The molecule has 6 heteroatoms. The van der Waals surface area contributed by atoms with E-state index in [1.165, 1.54) is 0 Å². The van der Waals surface area contributed by atoms with E-state index in [4.69, 9.17) is 0 Å². The molecule has 4 rings (SSSR count). The van der Waals surface area contributed by atoms with Crippen molar-refractivity contribution < 1.29 is 9.59 Å². The van der Waals surface area contributed by atoms with Crippen molar-refractivity contribution in [2.45, 2.75) is 19.3 Å². The van der Waals surface area contributed by atoms with E-state index in [1.807, 2.05) is 34.2 Å². The Kier molecular flexibility index (Phi) is 4.26. The first-order chi connectivity index (χ1) is 12.2. The minimum Gasteiger partial charge on any atom is -0.339 e. The fourth-order valence-electron chi connectivity index (χ4n) is 3.68. The summed E-state index contributed by atoms with van der Waals surface area (Å²) in [6.07, 6.45) is 10.5. The second-order valence-corrected chi connectivity index (χ2v) is 6.69. The second-order valence-electron chi connectivity index (χ2n) is 6.69. The molecule has 2 amide bonds. The lowest BCUT2D eigenvalue weighted by Crippen LogP contribution is -2.52. The number of pyridine rings is 1. The van der Waals surface area contributed by atoms with Gasteiger partial charge in [0.05, 0.1) is 17.3 Å². The number of nitrogens with zero attached hydrogens (tertiary/aromatic N) is 4. The molecule has 0 radical (unpaired) electrons. The van der Waals surface area contributed by atoms with Crippen LogP contribution in [-0.4, -0.2) is 57.4 Å². The third-order valence-corrected chi connectivity index (χ3v) is 5.15. The molecule has 3 heterocycles. The monoisotopic (exact) mass is 338 g/mol. The van der Waals surface area contributed by atoms with Gasteiger partial charge in [-0.05, 0) is 31.4 Å². The van der Waals surface area contributed by atoms with E-state index >= 15 is 0 Å². The largest absolute Gasteiger partial charge is 0.339 e. The van der Waals surface area contributed by atoms with Crippen LogP contribution in [0.15, 0.2) is 42.7 Å². The van der Waals surface area contributed by atoms with Gasteiger partial charge in [0.2, 0.25) is 5.91 Å². The number of hydrogen-bond donors (Lipinski definition) is 0. The first kappa shape index (κ1) is 15.9. The van der Waals surface area contributed by atoms with Gasteiger partial charge in [0, 0.05) is 38.3 Å². The van der Waals surface area contributed by atoms with Gasteiger partial charge in [-0.25, -0.2) is 4.52 Å². The minimum absolute atomic E-state index is 0.00565. The number of amides is 2. The van der Waals surface area contributed by atoms with Gasteiger partial charge in [-0.3, -0.25) is 9.59 Å². The average molecular weight is 338 g/mol. The standard InChI is InChI=1S/C19H22N4O2/c24-18(15-6-2-1-3-7-15)21-10-12-22(13-11-21)19(25)16-14-20-23-9-5-4-8-17(16)23/h1-2,4-5,8-9,14-15H,3,6-7,10-13H2. The summed E-state index contributed by atoms with van der Waals surface area (Å²) < 4.78 is 1.71. The molecule has 1 atom stereocenters. The molecule has 130 valence electrons. The number of allylic oxidation sites excluding steroid dienone is 2. The maximum absolute atomic E-state index is 12.8. The Morgan fingerprint density at radius 1 is 1.04 bits per heavy atom. The van der Waals surface area contributed by atoms with Crippen LogP contribution >= 0.6 is 0 Å². The Morgan fingerprint density at radius 3 is 2.60 bits per heavy atom. The number of piperazine rings is 1. The molecule has 0 spiro atoms. The average Bonchev–Trinajstić information content (AvgIpc) is 3.12. The highest BCUT2D eigenvalue weighted by atomic mass is 16.2. The van der Waals surface area contributed by atoms with Crippen LogP contribution in [0.2, 0.25) is 0 Å². The lowest BCUT2D eigenvalue weighted by atomic mass is 9.93. The third-order valence-electron chi connectivity index (χ3n) is 5.15. The number of carbonyl (C=O) groups is 2. The van der Waals surface area contributed by atoms with Crippen LogP contribution in [0.5, 0.6) is 0 Å². The van der Waals surface area contributed by atoms with Crippen molar-refractivity contribution in [2.75, 3.05) is 26.2 Å². The van der Waals surface area contributed by atoms with Gasteiger partial charge in [-0.1, -0.05) is 18.2 Å². The first-order valence-electron chi connectivity index (χ1n) is 8.89. The molecule has 2 aromatic heterocycles. The van der Waals surface area contributed by atoms with Crippen LogP contribution in [0.1, 0.15) is 29.6 Å². The smallest absolute Gasteiger partial charge is 0.257 e. The Bertz CT molecular complexity index is 818. The van der Waals surface area contributed by atoms with Gasteiger partial charge in [-0.15, -0.1) is 0 Å². The van der Waals surface area contributed by atoms with E-state index < -0.39 is 0 Å². The summed E-state index contributed by atoms with van der Waals surface area (Å²) in [4.78, 5) is 29.2. The number of aromatic nitrogens is 2. The first-order valence-corrected chi connectivity index (χ1v) is 8.89. The van der Waals surface area contributed by atoms with E-state index in [9.17, 15) is 9.59 Å². The van der Waals surface area contributed by atoms with Crippen LogP contribution in [0.4, 0.5) is 0 Å². The minimum atomic E-state index is -0.00565. The molecule has 2 aliphatic rings. The fraction of sp³-hybridized carbons (Fsp3) is 0.421. The summed E-state index contributed by atoms with van der Waals surface area (Å²) in [7, 11) is 0. The second kappa shape index (κ2) is 6.70. The predicted molar refractivity (Wildman–Crippen MR) is 94.2 cm³/mol.